The molecule has 0 N–H and O–H groups in total. The molecule has 0 aromatic heterocycles. The van der Waals surface area contributed by atoms with Crippen LogP contribution in [0.5, 0.6) is 0 Å². The Labute approximate surface area is 86.2 Å². The minimum Gasteiger partial charge on any atom is -0.484 e. The van der Waals surface area contributed by atoms with Crippen molar-refractivity contribution in [1.82, 2.24) is 0 Å². The van der Waals surface area contributed by atoms with Gasteiger partial charge in [0, 0.05) is 6.42 Å². The summed E-state index contributed by atoms with van der Waals surface area (Å²) in [5.74, 6) is 0.691. The van der Waals surface area contributed by atoms with Crippen molar-refractivity contribution in [1.29, 1.82) is 0 Å². The first-order valence-corrected chi connectivity index (χ1v) is 6.56. The largest absolute Gasteiger partial charge is 0.484 e. The van der Waals surface area contributed by atoms with Gasteiger partial charge in [-0.1, -0.05) is 13.3 Å². The van der Waals surface area contributed by atoms with Crippen LogP contribution in [0.3, 0.4) is 0 Å². The van der Waals surface area contributed by atoms with Crippen LogP contribution in [0.25, 0.3) is 0 Å². The van der Waals surface area contributed by atoms with E-state index in [1.807, 2.05) is 6.92 Å². The number of unbranched alkanes of at least 4 members (excludes halogenated alkanes) is 1. The number of ether oxygens (including phenoxy) is 1. The molecule has 1 unspecified atom stereocenters. The van der Waals surface area contributed by atoms with Gasteiger partial charge in [0.2, 0.25) is 0 Å². The van der Waals surface area contributed by atoms with Crippen molar-refractivity contribution < 1.29 is 9.26 Å². The molecule has 13 heavy (non-hydrogen) atoms. The van der Waals surface area contributed by atoms with E-state index in [1.54, 1.807) is 7.11 Å². The SMILES string of the molecule is CCCC/C(=N/P(Cl)OCC)OC. The third-order valence-electron chi connectivity index (χ3n) is 1.41. The molecule has 5 heteroatoms. The Morgan fingerprint density at radius 3 is 2.62 bits per heavy atom. The van der Waals surface area contributed by atoms with Crippen LogP contribution < -0.4 is 0 Å². The van der Waals surface area contributed by atoms with Gasteiger partial charge in [-0.05, 0) is 24.6 Å². The minimum absolute atomic E-state index is 0.587. The van der Waals surface area contributed by atoms with E-state index in [2.05, 4.69) is 11.7 Å². The van der Waals surface area contributed by atoms with E-state index < -0.39 is 7.65 Å². The molecule has 3 nitrogen and oxygen atoms in total. The van der Waals surface area contributed by atoms with Crippen molar-refractivity contribution >= 4 is 24.8 Å². The van der Waals surface area contributed by atoms with Crippen LogP contribution in [-0.2, 0) is 9.26 Å². The molecule has 0 saturated heterocycles. The molecule has 0 fully saturated rings. The Balaban J connectivity index is 3.88. The van der Waals surface area contributed by atoms with Gasteiger partial charge < -0.3 is 9.26 Å². The molecule has 0 radical (unpaired) electrons. The highest BCUT2D eigenvalue weighted by atomic mass is 35.7. The Morgan fingerprint density at radius 1 is 1.46 bits per heavy atom. The summed E-state index contributed by atoms with van der Waals surface area (Å²) in [5, 5.41) is 0. The summed E-state index contributed by atoms with van der Waals surface area (Å²) in [4.78, 5) is 0. The van der Waals surface area contributed by atoms with Crippen molar-refractivity contribution in [2.24, 2.45) is 4.76 Å². The van der Waals surface area contributed by atoms with Gasteiger partial charge in [0.15, 0.2) is 5.90 Å². The lowest BCUT2D eigenvalue weighted by Crippen LogP contribution is -2.00. The highest BCUT2D eigenvalue weighted by Crippen LogP contribution is 2.44. The summed E-state index contributed by atoms with van der Waals surface area (Å²) in [5.41, 5.74) is 0. The lowest BCUT2D eigenvalue weighted by atomic mass is 10.2. The molecule has 0 rings (SSSR count). The molecule has 0 aliphatic heterocycles. The fourth-order valence-electron chi connectivity index (χ4n) is 0.744. The van der Waals surface area contributed by atoms with Gasteiger partial charge >= 0.3 is 0 Å². The van der Waals surface area contributed by atoms with Gasteiger partial charge in [0.1, 0.15) is 0 Å². The fourth-order valence-corrected chi connectivity index (χ4v) is 1.92. The maximum atomic E-state index is 5.81. The monoisotopic (exact) mass is 225 g/mol. The average molecular weight is 226 g/mol. The van der Waals surface area contributed by atoms with Crippen LogP contribution in [0, 0.1) is 0 Å². The highest BCUT2D eigenvalue weighted by molar-refractivity contribution is 7.79. The summed E-state index contributed by atoms with van der Waals surface area (Å²) in [6, 6.07) is 0. The van der Waals surface area contributed by atoms with Gasteiger partial charge in [0.25, 0.3) is 7.65 Å². The Bertz CT molecular complexity index is 155. The van der Waals surface area contributed by atoms with E-state index in [4.69, 9.17) is 20.5 Å². The summed E-state index contributed by atoms with van der Waals surface area (Å²) < 4.78 is 14.3. The summed E-state index contributed by atoms with van der Waals surface area (Å²) in [6.45, 7) is 4.61. The molecule has 78 valence electrons. The molecule has 0 saturated carbocycles. The first kappa shape index (κ1) is 13.2. The number of rotatable bonds is 6. The predicted octanol–water partition coefficient (Wildman–Crippen LogP) is 3.72. The van der Waals surface area contributed by atoms with Crippen molar-refractivity contribution in [2.45, 2.75) is 33.1 Å². The van der Waals surface area contributed by atoms with E-state index in [0.29, 0.717) is 12.5 Å². The summed E-state index contributed by atoms with van der Waals surface area (Å²) >= 11 is 5.81. The Kier molecular flexibility index (Phi) is 8.84. The predicted molar refractivity (Wildman–Crippen MR) is 58.4 cm³/mol. The van der Waals surface area contributed by atoms with Crippen LogP contribution in [0.15, 0.2) is 4.76 Å². The second-order valence-electron chi connectivity index (χ2n) is 2.45. The molecule has 0 heterocycles. The zero-order valence-electron chi connectivity index (χ0n) is 8.42. The maximum absolute atomic E-state index is 5.81. The molecule has 0 amide bonds. The second kappa shape index (κ2) is 8.74. The lowest BCUT2D eigenvalue weighted by molar-refractivity contribution is 0.376. The number of methoxy groups -OCH3 is 1. The summed E-state index contributed by atoms with van der Waals surface area (Å²) in [7, 11) is 0.404. The third-order valence-corrected chi connectivity index (χ3v) is 2.78. The van der Waals surface area contributed by atoms with Gasteiger partial charge in [-0.3, -0.25) is 0 Å². The normalized spacial score (nSPS) is 14.3. The van der Waals surface area contributed by atoms with E-state index in [9.17, 15) is 0 Å². The number of hydrogen-bond donors (Lipinski definition) is 0. The average Bonchev–Trinajstić information content (AvgIpc) is 2.12. The van der Waals surface area contributed by atoms with E-state index in [-0.39, 0.29) is 0 Å². The smallest absolute Gasteiger partial charge is 0.259 e. The van der Waals surface area contributed by atoms with E-state index in [0.717, 1.165) is 19.3 Å². The quantitative estimate of drug-likeness (QED) is 0.392. The summed E-state index contributed by atoms with van der Waals surface area (Å²) in [6.07, 6.45) is 3.03. The fraction of sp³-hybridized carbons (Fsp3) is 0.875. The van der Waals surface area contributed by atoms with Crippen molar-refractivity contribution in [2.75, 3.05) is 13.7 Å². The number of nitrogens with zero attached hydrogens (tertiary/aromatic N) is 1. The molecule has 0 aromatic rings. The van der Waals surface area contributed by atoms with Crippen molar-refractivity contribution in [3.63, 3.8) is 0 Å². The zero-order valence-corrected chi connectivity index (χ0v) is 10.1. The molecule has 0 aliphatic rings. The first-order chi connectivity index (χ1) is 6.24. The van der Waals surface area contributed by atoms with E-state index in [1.165, 1.54) is 0 Å². The minimum atomic E-state index is -1.21. The standard InChI is InChI=1S/C8H17ClNO2P/c1-4-6-7-8(11-3)10-13(9)12-5-2/h4-7H2,1-3H3/b10-8-. The zero-order chi connectivity index (χ0) is 10.1. The van der Waals surface area contributed by atoms with Gasteiger partial charge in [-0.15, -0.1) is 0 Å². The molecule has 0 aliphatic carbocycles. The second-order valence-corrected chi connectivity index (χ2v) is 4.22. The first-order valence-electron chi connectivity index (χ1n) is 4.44. The highest BCUT2D eigenvalue weighted by Gasteiger charge is 2.05. The van der Waals surface area contributed by atoms with Crippen molar-refractivity contribution in [3.8, 4) is 0 Å². The van der Waals surface area contributed by atoms with Gasteiger partial charge in [0.05, 0.1) is 13.7 Å². The molecular weight excluding hydrogens is 209 g/mol. The topological polar surface area (TPSA) is 30.8 Å². The van der Waals surface area contributed by atoms with Crippen LogP contribution in [0.4, 0.5) is 0 Å². The molecule has 0 aromatic carbocycles. The number of hydrogen-bond acceptors (Lipinski definition) is 3. The van der Waals surface area contributed by atoms with Crippen molar-refractivity contribution in [3.05, 3.63) is 0 Å². The van der Waals surface area contributed by atoms with E-state index >= 15 is 0 Å². The van der Waals surface area contributed by atoms with Crippen LogP contribution in [-0.4, -0.2) is 19.6 Å². The third kappa shape index (κ3) is 7.24. The lowest BCUT2D eigenvalue weighted by Gasteiger charge is -2.06. The van der Waals surface area contributed by atoms with Crippen LogP contribution >= 0.6 is 18.9 Å². The molecule has 0 spiro atoms. The molecular formula is C8H17ClNO2P. The van der Waals surface area contributed by atoms with Crippen LogP contribution in [0.2, 0.25) is 0 Å². The van der Waals surface area contributed by atoms with Crippen LogP contribution in [0.1, 0.15) is 33.1 Å². The maximum Gasteiger partial charge on any atom is 0.259 e. The number of halogens is 1. The molecule has 1 atom stereocenters. The Hall–Kier alpha value is 0.150. The molecule has 0 bridgehead atoms. The van der Waals surface area contributed by atoms with Gasteiger partial charge in [-0.25, -0.2) is 0 Å². The Morgan fingerprint density at radius 2 is 2.15 bits per heavy atom. The van der Waals surface area contributed by atoms with Gasteiger partial charge in [-0.2, -0.15) is 4.76 Å².